The number of hydrogen-bond donors (Lipinski definition) is 1. The van der Waals surface area contributed by atoms with Gasteiger partial charge in [-0.1, -0.05) is 19.1 Å². The molecule has 28 heavy (non-hydrogen) atoms. The van der Waals surface area contributed by atoms with Crippen molar-refractivity contribution in [1.29, 1.82) is 0 Å². The number of methoxy groups -OCH3 is 1. The summed E-state index contributed by atoms with van der Waals surface area (Å²) in [5.74, 6) is 1.18. The van der Waals surface area contributed by atoms with Crippen LogP contribution in [0.1, 0.15) is 28.7 Å². The zero-order chi connectivity index (χ0) is 19.5. The van der Waals surface area contributed by atoms with Crippen molar-refractivity contribution in [3.63, 3.8) is 0 Å². The number of ether oxygens (including phenoxy) is 1. The molecule has 1 aromatic carbocycles. The normalized spacial score (nSPS) is 10.9. The third-order valence-corrected chi connectivity index (χ3v) is 4.46. The lowest BCUT2D eigenvalue weighted by molar-refractivity contribution is 0.0946. The number of carbonyl (C=O) groups is 1. The Morgan fingerprint density at radius 2 is 2.11 bits per heavy atom. The maximum atomic E-state index is 12.7. The van der Waals surface area contributed by atoms with Crippen LogP contribution in [0.5, 0.6) is 5.75 Å². The minimum atomic E-state index is -0.235. The number of rotatable bonds is 6. The zero-order valence-corrected chi connectivity index (χ0v) is 15.7. The van der Waals surface area contributed by atoms with Crippen molar-refractivity contribution in [1.82, 2.24) is 19.9 Å². The van der Waals surface area contributed by atoms with Crippen molar-refractivity contribution in [2.24, 2.45) is 0 Å². The van der Waals surface area contributed by atoms with Crippen LogP contribution in [0.25, 0.3) is 17.1 Å². The quantitative estimate of drug-likeness (QED) is 0.557. The Balaban J connectivity index is 1.59. The van der Waals surface area contributed by atoms with Gasteiger partial charge in [-0.05, 0) is 42.3 Å². The third-order valence-electron chi connectivity index (χ3n) is 4.46. The number of benzene rings is 1. The smallest absolute Gasteiger partial charge is 0.270 e. The highest BCUT2D eigenvalue weighted by Crippen LogP contribution is 2.21. The number of carbonyl (C=O) groups excluding carboxylic acids is 1. The minimum absolute atomic E-state index is 0.235. The first-order chi connectivity index (χ1) is 13.7. The van der Waals surface area contributed by atoms with Crippen LogP contribution >= 0.6 is 0 Å². The maximum absolute atomic E-state index is 12.7. The monoisotopic (exact) mass is 376 g/mol. The molecule has 0 fully saturated rings. The molecule has 0 radical (unpaired) electrons. The SMILES string of the molecule is CCc1cc(C(=O)NCc2cccc(OC)c2)nc2cc(-c3ccco3)nn12. The lowest BCUT2D eigenvalue weighted by Gasteiger charge is -2.08. The molecule has 0 bridgehead atoms. The number of hydrogen-bond acceptors (Lipinski definition) is 5. The summed E-state index contributed by atoms with van der Waals surface area (Å²) in [6.07, 6.45) is 2.32. The summed E-state index contributed by atoms with van der Waals surface area (Å²) in [5, 5.41) is 7.47. The fraction of sp³-hybridized carbons (Fsp3) is 0.190. The first-order valence-corrected chi connectivity index (χ1v) is 9.02. The highest BCUT2D eigenvalue weighted by molar-refractivity contribution is 5.92. The summed E-state index contributed by atoms with van der Waals surface area (Å²) < 4.78 is 12.4. The summed E-state index contributed by atoms with van der Waals surface area (Å²) in [6.45, 7) is 2.40. The fourth-order valence-electron chi connectivity index (χ4n) is 3.01. The van der Waals surface area contributed by atoms with Gasteiger partial charge < -0.3 is 14.5 Å². The van der Waals surface area contributed by atoms with Crippen molar-refractivity contribution >= 4 is 11.6 Å². The van der Waals surface area contributed by atoms with Gasteiger partial charge in [-0.3, -0.25) is 4.79 Å². The van der Waals surface area contributed by atoms with Gasteiger partial charge in [-0.2, -0.15) is 5.10 Å². The molecule has 142 valence electrons. The molecular weight excluding hydrogens is 356 g/mol. The standard InChI is InChI=1S/C21H20N4O3/c1-3-15-11-18(21(26)22-13-14-6-4-7-16(10-14)27-2)23-20-12-17(24-25(15)20)19-8-5-9-28-19/h4-12H,3,13H2,1-2H3,(H,22,26). The van der Waals surface area contributed by atoms with E-state index in [0.717, 1.165) is 17.0 Å². The van der Waals surface area contributed by atoms with E-state index >= 15 is 0 Å². The second kappa shape index (κ2) is 7.56. The Hall–Kier alpha value is -3.61. The Labute approximate surface area is 162 Å². The number of furan rings is 1. The van der Waals surface area contributed by atoms with Crippen LogP contribution in [0, 0.1) is 0 Å². The Bertz CT molecular complexity index is 1120. The van der Waals surface area contributed by atoms with Crippen molar-refractivity contribution in [3.05, 3.63) is 71.7 Å². The van der Waals surface area contributed by atoms with E-state index in [1.165, 1.54) is 0 Å². The summed E-state index contributed by atoms with van der Waals surface area (Å²) in [6, 6.07) is 14.8. The van der Waals surface area contributed by atoms with E-state index in [0.29, 0.717) is 35.8 Å². The lowest BCUT2D eigenvalue weighted by atomic mass is 10.2. The molecule has 4 aromatic rings. The molecule has 4 rings (SSSR count). The molecule has 0 saturated heterocycles. The molecule has 1 amide bonds. The number of aryl methyl sites for hydroxylation is 1. The summed E-state index contributed by atoms with van der Waals surface area (Å²) in [5.41, 5.74) is 3.50. The van der Waals surface area contributed by atoms with Crippen LogP contribution in [0.15, 0.2) is 59.2 Å². The fourth-order valence-corrected chi connectivity index (χ4v) is 3.01. The Morgan fingerprint density at radius 3 is 2.86 bits per heavy atom. The van der Waals surface area contributed by atoms with Crippen LogP contribution in [0.3, 0.4) is 0 Å². The van der Waals surface area contributed by atoms with Crippen LogP contribution in [-0.2, 0) is 13.0 Å². The first-order valence-electron chi connectivity index (χ1n) is 9.02. The van der Waals surface area contributed by atoms with Gasteiger partial charge in [0.1, 0.15) is 17.1 Å². The minimum Gasteiger partial charge on any atom is -0.497 e. The van der Waals surface area contributed by atoms with E-state index in [-0.39, 0.29) is 5.91 Å². The predicted octanol–water partition coefficient (Wildman–Crippen LogP) is 3.49. The highest BCUT2D eigenvalue weighted by Gasteiger charge is 2.15. The van der Waals surface area contributed by atoms with Crippen molar-refractivity contribution in [2.75, 3.05) is 7.11 Å². The van der Waals surface area contributed by atoms with Gasteiger partial charge in [-0.15, -0.1) is 0 Å². The first kappa shape index (κ1) is 17.8. The molecule has 0 aliphatic heterocycles. The van der Waals surface area contributed by atoms with E-state index < -0.39 is 0 Å². The number of nitrogens with zero attached hydrogens (tertiary/aromatic N) is 3. The summed E-state index contributed by atoms with van der Waals surface area (Å²) >= 11 is 0. The maximum Gasteiger partial charge on any atom is 0.270 e. The average molecular weight is 376 g/mol. The van der Waals surface area contributed by atoms with E-state index in [2.05, 4.69) is 15.4 Å². The predicted molar refractivity (Wildman–Crippen MR) is 104 cm³/mol. The van der Waals surface area contributed by atoms with E-state index in [4.69, 9.17) is 9.15 Å². The van der Waals surface area contributed by atoms with Crippen molar-refractivity contribution in [3.8, 4) is 17.2 Å². The molecule has 1 N–H and O–H groups in total. The molecule has 0 spiro atoms. The van der Waals surface area contributed by atoms with Gasteiger partial charge in [0.15, 0.2) is 11.4 Å². The van der Waals surface area contributed by atoms with Crippen LogP contribution < -0.4 is 10.1 Å². The molecule has 0 saturated carbocycles. The van der Waals surface area contributed by atoms with Crippen LogP contribution in [0.2, 0.25) is 0 Å². The number of fused-ring (bicyclic) bond motifs is 1. The second-order valence-corrected chi connectivity index (χ2v) is 6.30. The molecule has 3 heterocycles. The molecule has 0 aliphatic carbocycles. The van der Waals surface area contributed by atoms with Crippen LogP contribution in [0.4, 0.5) is 0 Å². The zero-order valence-electron chi connectivity index (χ0n) is 15.7. The topological polar surface area (TPSA) is 81.7 Å². The molecule has 0 aliphatic rings. The second-order valence-electron chi connectivity index (χ2n) is 6.30. The summed E-state index contributed by atoms with van der Waals surface area (Å²) in [7, 11) is 1.62. The van der Waals surface area contributed by atoms with Gasteiger partial charge in [0.2, 0.25) is 0 Å². The molecular formula is C21H20N4O3. The number of amides is 1. The van der Waals surface area contributed by atoms with Gasteiger partial charge in [-0.25, -0.2) is 9.50 Å². The molecule has 0 unspecified atom stereocenters. The Kier molecular flexibility index (Phi) is 4.80. The molecule has 0 atom stereocenters. The van der Waals surface area contributed by atoms with Gasteiger partial charge in [0.05, 0.1) is 13.4 Å². The third kappa shape index (κ3) is 3.46. The number of aromatic nitrogens is 3. The van der Waals surface area contributed by atoms with Crippen molar-refractivity contribution < 1.29 is 13.9 Å². The largest absolute Gasteiger partial charge is 0.497 e. The van der Waals surface area contributed by atoms with E-state index in [9.17, 15) is 4.79 Å². The van der Waals surface area contributed by atoms with E-state index in [1.807, 2.05) is 49.4 Å². The molecule has 7 nitrogen and oxygen atoms in total. The average Bonchev–Trinajstić information content (AvgIpc) is 3.40. The van der Waals surface area contributed by atoms with E-state index in [1.54, 1.807) is 24.0 Å². The molecule has 7 heteroatoms. The highest BCUT2D eigenvalue weighted by atomic mass is 16.5. The Morgan fingerprint density at radius 1 is 1.21 bits per heavy atom. The van der Waals surface area contributed by atoms with Gasteiger partial charge in [0, 0.05) is 18.3 Å². The van der Waals surface area contributed by atoms with Crippen LogP contribution in [-0.4, -0.2) is 27.6 Å². The number of nitrogens with one attached hydrogen (secondary N) is 1. The lowest BCUT2D eigenvalue weighted by Crippen LogP contribution is -2.24. The van der Waals surface area contributed by atoms with Gasteiger partial charge >= 0.3 is 0 Å². The molecule has 3 aromatic heterocycles. The van der Waals surface area contributed by atoms with Crippen molar-refractivity contribution in [2.45, 2.75) is 19.9 Å². The summed E-state index contributed by atoms with van der Waals surface area (Å²) in [4.78, 5) is 17.1. The van der Waals surface area contributed by atoms with Gasteiger partial charge in [0.25, 0.3) is 5.91 Å².